The number of morpholine rings is 1. The van der Waals surface area contributed by atoms with Crippen LogP contribution in [-0.2, 0) is 31.4 Å². The van der Waals surface area contributed by atoms with Gasteiger partial charge in [0.1, 0.15) is 12.4 Å². The smallest absolute Gasteiger partial charge is 0.257 e. The summed E-state index contributed by atoms with van der Waals surface area (Å²) >= 11 is 0. The number of amides is 2. The van der Waals surface area contributed by atoms with E-state index in [1.807, 2.05) is 104 Å². The Bertz CT molecular complexity index is 2080. The summed E-state index contributed by atoms with van der Waals surface area (Å²) in [5, 5.41) is 12.9. The summed E-state index contributed by atoms with van der Waals surface area (Å²) in [6.07, 6.45) is 0.762. The van der Waals surface area contributed by atoms with Crippen molar-refractivity contribution in [2.24, 2.45) is 7.05 Å². The fourth-order valence-electron chi connectivity index (χ4n) is 7.00. The SMILES string of the molecule is CC.Cc1c(C(=O)Nc2ccc(OCc3ccccc3)cc2)cc(-c2cc(C#N)ccc2C(=O)N2Cc3ccccc3C[C@H]2CN2CCOCC2)n1C. The number of hydrogen-bond donors (Lipinski definition) is 1. The highest BCUT2D eigenvalue weighted by molar-refractivity contribution is 6.07. The number of fused-ring (bicyclic) bond motifs is 1. The minimum atomic E-state index is -0.269. The molecule has 0 radical (unpaired) electrons. The number of carbonyl (C=O) groups excluding carboxylic acids is 2. The Morgan fingerprint density at radius 3 is 2.30 bits per heavy atom. The number of nitrogens with one attached hydrogen (secondary N) is 1. The van der Waals surface area contributed by atoms with Crippen LogP contribution in [0.25, 0.3) is 11.3 Å². The summed E-state index contributed by atoms with van der Waals surface area (Å²) in [6, 6.07) is 34.8. The first kappa shape index (κ1) is 37.1. The minimum Gasteiger partial charge on any atom is -0.489 e. The van der Waals surface area contributed by atoms with E-state index in [1.165, 1.54) is 5.56 Å². The van der Waals surface area contributed by atoms with Gasteiger partial charge in [0.05, 0.1) is 30.4 Å². The molecule has 0 unspecified atom stereocenters. The second kappa shape index (κ2) is 17.2. The van der Waals surface area contributed by atoms with Gasteiger partial charge in [-0.2, -0.15) is 5.26 Å². The van der Waals surface area contributed by atoms with Crippen LogP contribution in [0.15, 0.2) is 103 Å². The van der Waals surface area contributed by atoms with Crippen molar-refractivity contribution < 1.29 is 19.1 Å². The van der Waals surface area contributed by atoms with Crippen molar-refractivity contribution >= 4 is 17.5 Å². The molecule has 272 valence electrons. The number of nitrogens with zero attached hydrogens (tertiary/aromatic N) is 4. The van der Waals surface area contributed by atoms with Gasteiger partial charge in [0.25, 0.3) is 11.8 Å². The van der Waals surface area contributed by atoms with Crippen molar-refractivity contribution in [3.63, 3.8) is 0 Å². The van der Waals surface area contributed by atoms with E-state index in [0.29, 0.717) is 65.8 Å². The zero-order chi connectivity index (χ0) is 37.3. The van der Waals surface area contributed by atoms with Crippen LogP contribution in [0.3, 0.4) is 0 Å². The molecule has 7 rings (SSSR count). The van der Waals surface area contributed by atoms with Crippen molar-refractivity contribution in [1.29, 1.82) is 5.26 Å². The maximum atomic E-state index is 14.7. The molecule has 0 aliphatic carbocycles. The molecule has 2 amide bonds. The molecule has 9 nitrogen and oxygen atoms in total. The molecule has 4 aromatic carbocycles. The molecular weight excluding hydrogens is 663 g/mol. The maximum absolute atomic E-state index is 14.7. The van der Waals surface area contributed by atoms with Crippen molar-refractivity contribution in [2.75, 3.05) is 38.2 Å². The van der Waals surface area contributed by atoms with Crippen LogP contribution < -0.4 is 10.1 Å². The molecule has 2 aliphatic heterocycles. The summed E-state index contributed by atoms with van der Waals surface area (Å²) in [5.74, 6) is 0.338. The van der Waals surface area contributed by atoms with E-state index in [2.05, 4.69) is 34.5 Å². The minimum absolute atomic E-state index is 0.0272. The zero-order valence-corrected chi connectivity index (χ0v) is 31.0. The topological polar surface area (TPSA) is 99.8 Å². The highest BCUT2D eigenvalue weighted by Gasteiger charge is 2.33. The van der Waals surface area contributed by atoms with E-state index in [-0.39, 0.29) is 17.9 Å². The molecule has 1 saturated heterocycles. The molecule has 53 heavy (non-hydrogen) atoms. The second-order valence-electron chi connectivity index (χ2n) is 13.2. The van der Waals surface area contributed by atoms with Crippen molar-refractivity contribution in [3.8, 4) is 23.1 Å². The lowest BCUT2D eigenvalue weighted by molar-refractivity contribution is 0.0193. The Kier molecular flexibility index (Phi) is 12.0. The molecule has 1 atom stereocenters. The van der Waals surface area contributed by atoms with Gasteiger partial charge in [0, 0.05) is 67.5 Å². The Balaban J connectivity index is 0.00000236. The monoisotopic (exact) mass is 709 g/mol. The van der Waals surface area contributed by atoms with Crippen LogP contribution in [0, 0.1) is 18.3 Å². The second-order valence-corrected chi connectivity index (χ2v) is 13.2. The third-order valence-electron chi connectivity index (χ3n) is 9.98. The Hall–Kier alpha value is -5.69. The van der Waals surface area contributed by atoms with Gasteiger partial charge in [-0.15, -0.1) is 0 Å². The molecular formula is C44H47N5O4. The average molecular weight is 710 g/mol. The van der Waals surface area contributed by atoms with E-state index in [4.69, 9.17) is 9.47 Å². The quantitative estimate of drug-likeness (QED) is 0.169. The van der Waals surface area contributed by atoms with Crippen LogP contribution in [0.4, 0.5) is 5.69 Å². The fraction of sp³-hybridized carbons (Fsp3) is 0.295. The highest BCUT2D eigenvalue weighted by atomic mass is 16.5. The summed E-state index contributed by atoms with van der Waals surface area (Å²) in [7, 11) is 1.88. The molecule has 2 aliphatic rings. The molecule has 5 aromatic rings. The maximum Gasteiger partial charge on any atom is 0.257 e. The summed E-state index contributed by atoms with van der Waals surface area (Å²) < 4.78 is 13.4. The van der Waals surface area contributed by atoms with Crippen LogP contribution in [-0.4, -0.2) is 65.1 Å². The molecule has 3 heterocycles. The van der Waals surface area contributed by atoms with Gasteiger partial charge in [-0.05, 0) is 78.6 Å². The van der Waals surface area contributed by atoms with Crippen LogP contribution in [0.2, 0.25) is 0 Å². The first-order chi connectivity index (χ1) is 25.9. The predicted octanol–water partition coefficient (Wildman–Crippen LogP) is 7.63. The van der Waals surface area contributed by atoms with E-state index >= 15 is 0 Å². The van der Waals surface area contributed by atoms with E-state index in [9.17, 15) is 14.9 Å². The van der Waals surface area contributed by atoms with E-state index in [1.54, 1.807) is 18.2 Å². The summed E-state index contributed by atoms with van der Waals surface area (Å²) in [4.78, 5) is 32.7. The Labute approximate surface area is 312 Å². The number of aromatic nitrogens is 1. The third-order valence-corrected chi connectivity index (χ3v) is 9.98. The van der Waals surface area contributed by atoms with E-state index in [0.717, 1.165) is 42.9 Å². The van der Waals surface area contributed by atoms with Crippen LogP contribution in [0.5, 0.6) is 5.75 Å². The number of ether oxygens (including phenoxy) is 2. The summed E-state index contributed by atoms with van der Waals surface area (Å²) in [5.41, 5.74) is 7.58. The lowest BCUT2D eigenvalue weighted by Gasteiger charge is -2.40. The number of hydrogen-bond acceptors (Lipinski definition) is 6. The number of benzene rings is 4. The largest absolute Gasteiger partial charge is 0.489 e. The molecule has 0 saturated carbocycles. The molecule has 1 aromatic heterocycles. The zero-order valence-electron chi connectivity index (χ0n) is 31.0. The number of anilines is 1. The molecule has 0 bridgehead atoms. The Morgan fingerprint density at radius 1 is 0.887 bits per heavy atom. The van der Waals surface area contributed by atoms with Gasteiger partial charge in [0.15, 0.2) is 0 Å². The standard InChI is InChI=1S/C42H41N5O4.C2H6/c1-29-38(41(48)44-34-13-15-36(16-14-34)51-28-30-8-4-3-5-9-30)24-40(45(29)2)39-22-31(25-43)12-17-37(39)42(49)47-26-33-11-7-6-10-32(33)23-35(47)27-46-18-20-50-21-19-46;1-2/h3-17,22,24,35H,18-21,23,26-28H2,1-2H3,(H,44,48);1-2H3/t35-;/m0./s1. The van der Waals surface area contributed by atoms with Crippen molar-refractivity contribution in [3.05, 3.63) is 142 Å². The number of carbonyl (C=O) groups is 2. The Morgan fingerprint density at radius 2 is 1.58 bits per heavy atom. The van der Waals surface area contributed by atoms with Gasteiger partial charge in [0.2, 0.25) is 0 Å². The summed E-state index contributed by atoms with van der Waals surface area (Å²) in [6.45, 7) is 10.6. The van der Waals surface area contributed by atoms with Crippen molar-refractivity contribution in [1.82, 2.24) is 14.4 Å². The first-order valence-corrected chi connectivity index (χ1v) is 18.3. The fourth-order valence-corrected chi connectivity index (χ4v) is 7.00. The molecule has 9 heteroatoms. The van der Waals surface area contributed by atoms with Crippen molar-refractivity contribution in [2.45, 2.75) is 46.4 Å². The molecule has 1 fully saturated rings. The lowest BCUT2D eigenvalue weighted by Crippen LogP contribution is -2.52. The highest BCUT2D eigenvalue weighted by Crippen LogP contribution is 2.33. The first-order valence-electron chi connectivity index (χ1n) is 18.3. The van der Waals surface area contributed by atoms with Gasteiger partial charge in [-0.25, -0.2) is 0 Å². The van der Waals surface area contributed by atoms with E-state index < -0.39 is 0 Å². The van der Waals surface area contributed by atoms with Gasteiger partial charge in [-0.1, -0.05) is 68.4 Å². The third kappa shape index (κ3) is 8.52. The lowest BCUT2D eigenvalue weighted by atomic mass is 9.91. The molecule has 0 spiro atoms. The predicted molar refractivity (Wildman–Crippen MR) is 208 cm³/mol. The normalized spacial score (nSPS) is 15.4. The van der Waals surface area contributed by atoms with Gasteiger partial charge < -0.3 is 24.3 Å². The van der Waals surface area contributed by atoms with Gasteiger partial charge in [-0.3, -0.25) is 14.5 Å². The van der Waals surface area contributed by atoms with Crippen LogP contribution >= 0.6 is 0 Å². The van der Waals surface area contributed by atoms with Crippen LogP contribution in [0.1, 0.15) is 62.5 Å². The number of rotatable bonds is 9. The number of nitriles is 1. The molecule has 1 N–H and O–H groups in total. The average Bonchev–Trinajstić information content (AvgIpc) is 3.51. The van der Waals surface area contributed by atoms with Gasteiger partial charge >= 0.3 is 0 Å².